The quantitative estimate of drug-likeness (QED) is 0.785. The van der Waals surface area contributed by atoms with E-state index in [1.807, 2.05) is 14.0 Å². The highest BCUT2D eigenvalue weighted by atomic mass is 32.2. The predicted octanol–water partition coefficient (Wildman–Crippen LogP) is 3.55. The van der Waals surface area contributed by atoms with E-state index in [0.29, 0.717) is 11.6 Å². The van der Waals surface area contributed by atoms with Gasteiger partial charge in [0.05, 0.1) is 6.04 Å². The van der Waals surface area contributed by atoms with E-state index < -0.39 is 0 Å². The molecule has 2 aromatic rings. The van der Waals surface area contributed by atoms with Gasteiger partial charge >= 0.3 is 0 Å². The highest BCUT2D eigenvalue weighted by Gasteiger charge is 2.22. The Morgan fingerprint density at radius 2 is 2.09 bits per heavy atom. The first-order valence-corrected chi connectivity index (χ1v) is 8.83. The Kier molecular flexibility index (Phi) is 6.24. The van der Waals surface area contributed by atoms with Crippen LogP contribution >= 0.6 is 11.8 Å². The van der Waals surface area contributed by atoms with Crippen LogP contribution in [-0.2, 0) is 11.3 Å². The van der Waals surface area contributed by atoms with Crippen molar-refractivity contribution in [3.63, 3.8) is 0 Å². The molecule has 0 saturated carbocycles. The maximum absolute atomic E-state index is 12.4. The molecule has 1 N–H and O–H groups in total. The number of amides is 1. The third-order valence-corrected chi connectivity index (χ3v) is 4.44. The summed E-state index contributed by atoms with van der Waals surface area (Å²) in [6, 6.07) is 9.92. The van der Waals surface area contributed by atoms with Crippen LogP contribution in [0, 0.1) is 6.92 Å². The van der Waals surface area contributed by atoms with Gasteiger partial charge in [-0.25, -0.2) is 0 Å². The Morgan fingerprint density at radius 1 is 1.39 bits per heavy atom. The van der Waals surface area contributed by atoms with Crippen molar-refractivity contribution < 1.29 is 9.32 Å². The van der Waals surface area contributed by atoms with Gasteiger partial charge in [-0.1, -0.05) is 24.2 Å². The molecule has 5 nitrogen and oxygen atoms in total. The van der Waals surface area contributed by atoms with E-state index in [9.17, 15) is 4.79 Å². The number of thioether (sulfide) groups is 1. The van der Waals surface area contributed by atoms with Gasteiger partial charge in [0.25, 0.3) is 0 Å². The molecule has 6 heteroatoms. The molecular formula is C17H23N3O2S. The fourth-order valence-electron chi connectivity index (χ4n) is 2.46. The van der Waals surface area contributed by atoms with E-state index in [0.717, 1.165) is 13.0 Å². The number of carbonyl (C=O) groups is 1. The zero-order valence-electron chi connectivity index (χ0n) is 14.0. The Balaban J connectivity index is 1.98. The molecule has 124 valence electrons. The zero-order valence-corrected chi connectivity index (χ0v) is 14.8. The third-order valence-electron chi connectivity index (χ3n) is 3.69. The smallest absolute Gasteiger partial charge is 0.242 e. The lowest BCUT2D eigenvalue weighted by atomic mass is 10.1. The van der Waals surface area contributed by atoms with Crippen LogP contribution in [-0.4, -0.2) is 35.3 Å². The predicted molar refractivity (Wildman–Crippen MR) is 93.6 cm³/mol. The second-order valence-electron chi connectivity index (χ2n) is 5.50. The summed E-state index contributed by atoms with van der Waals surface area (Å²) in [7, 11) is 1.96. The highest BCUT2D eigenvalue weighted by molar-refractivity contribution is 7.98. The summed E-state index contributed by atoms with van der Waals surface area (Å²) in [6.45, 7) is 4.52. The average molecular weight is 333 g/mol. The molecule has 0 fully saturated rings. The number of nitrogens with one attached hydrogen (secondary N) is 1. The standard InChI is InChI=1S/C17H23N3O2S/c1-5-15(17(21)18-16-10-12(2)22-19-16)20(3)11-13-6-8-14(23-4)9-7-13/h6-10,15H,5,11H2,1-4H3,(H,18,19,21). The Morgan fingerprint density at radius 3 is 2.61 bits per heavy atom. The number of benzene rings is 1. The second kappa shape index (κ2) is 8.17. The third kappa shape index (κ3) is 4.84. The van der Waals surface area contributed by atoms with Crippen molar-refractivity contribution in [2.24, 2.45) is 0 Å². The van der Waals surface area contributed by atoms with Crippen molar-refractivity contribution in [2.45, 2.75) is 37.8 Å². The summed E-state index contributed by atoms with van der Waals surface area (Å²) < 4.78 is 4.98. The van der Waals surface area contributed by atoms with Gasteiger partial charge in [0.1, 0.15) is 5.76 Å². The number of anilines is 1. The minimum Gasteiger partial charge on any atom is -0.360 e. The lowest BCUT2D eigenvalue weighted by Crippen LogP contribution is -2.41. The van der Waals surface area contributed by atoms with Gasteiger partial charge in [-0.2, -0.15) is 0 Å². The van der Waals surface area contributed by atoms with Crippen molar-refractivity contribution in [2.75, 3.05) is 18.6 Å². The SMILES string of the molecule is CCC(C(=O)Nc1cc(C)on1)N(C)Cc1ccc(SC)cc1. The largest absolute Gasteiger partial charge is 0.360 e. The maximum atomic E-state index is 12.4. The molecule has 23 heavy (non-hydrogen) atoms. The molecule has 1 heterocycles. The lowest BCUT2D eigenvalue weighted by molar-refractivity contribution is -0.121. The van der Waals surface area contributed by atoms with Crippen LogP contribution < -0.4 is 5.32 Å². The maximum Gasteiger partial charge on any atom is 0.242 e. The first-order chi connectivity index (χ1) is 11.0. The number of aryl methyl sites for hydroxylation is 1. The van der Waals surface area contributed by atoms with Crippen LogP contribution in [0.4, 0.5) is 5.82 Å². The van der Waals surface area contributed by atoms with Crippen molar-refractivity contribution >= 4 is 23.5 Å². The van der Waals surface area contributed by atoms with Crippen LogP contribution in [0.25, 0.3) is 0 Å². The van der Waals surface area contributed by atoms with E-state index >= 15 is 0 Å². The number of nitrogens with zero attached hydrogens (tertiary/aromatic N) is 2. The van der Waals surface area contributed by atoms with Gasteiger partial charge in [0, 0.05) is 17.5 Å². The molecule has 0 radical (unpaired) electrons. The number of likely N-dealkylation sites (N-methyl/N-ethyl adjacent to an activating group) is 1. The number of rotatable bonds is 7. The average Bonchev–Trinajstić information content (AvgIpc) is 2.93. The minimum absolute atomic E-state index is 0.0657. The number of carbonyl (C=O) groups excluding carboxylic acids is 1. The zero-order chi connectivity index (χ0) is 16.8. The molecule has 0 aliphatic heterocycles. The van der Waals surface area contributed by atoms with Gasteiger partial charge in [-0.3, -0.25) is 9.69 Å². The van der Waals surface area contributed by atoms with Crippen LogP contribution in [0.2, 0.25) is 0 Å². The summed E-state index contributed by atoms with van der Waals surface area (Å²) in [4.78, 5) is 15.7. The Bertz CT molecular complexity index is 640. The monoisotopic (exact) mass is 333 g/mol. The van der Waals surface area contributed by atoms with Gasteiger partial charge < -0.3 is 9.84 Å². The molecule has 1 amide bonds. The first kappa shape index (κ1) is 17.6. The molecule has 1 aromatic carbocycles. The molecule has 1 aromatic heterocycles. The fraction of sp³-hybridized carbons (Fsp3) is 0.412. The molecule has 0 aliphatic carbocycles. The Labute approximate surface area is 141 Å². The summed E-state index contributed by atoms with van der Waals surface area (Å²) in [5.74, 6) is 1.07. The van der Waals surface area contributed by atoms with E-state index in [-0.39, 0.29) is 11.9 Å². The fourth-order valence-corrected chi connectivity index (χ4v) is 2.87. The van der Waals surface area contributed by atoms with E-state index in [2.05, 4.69) is 45.9 Å². The lowest BCUT2D eigenvalue weighted by Gasteiger charge is -2.25. The van der Waals surface area contributed by atoms with Crippen LogP contribution in [0.15, 0.2) is 39.8 Å². The molecule has 0 saturated heterocycles. The number of hydrogen-bond donors (Lipinski definition) is 1. The minimum atomic E-state index is -0.216. The van der Waals surface area contributed by atoms with E-state index in [1.165, 1.54) is 10.5 Å². The van der Waals surface area contributed by atoms with E-state index in [1.54, 1.807) is 24.8 Å². The summed E-state index contributed by atoms with van der Waals surface area (Å²) in [5, 5.41) is 6.62. The first-order valence-electron chi connectivity index (χ1n) is 7.60. The van der Waals surface area contributed by atoms with Crippen molar-refractivity contribution in [1.29, 1.82) is 0 Å². The molecule has 0 aliphatic rings. The highest BCUT2D eigenvalue weighted by Crippen LogP contribution is 2.17. The van der Waals surface area contributed by atoms with Gasteiger partial charge in [0.15, 0.2) is 5.82 Å². The topological polar surface area (TPSA) is 58.4 Å². The van der Waals surface area contributed by atoms with Crippen LogP contribution in [0.1, 0.15) is 24.7 Å². The van der Waals surface area contributed by atoms with Crippen molar-refractivity contribution in [3.05, 3.63) is 41.7 Å². The molecule has 1 unspecified atom stereocenters. The number of hydrogen-bond acceptors (Lipinski definition) is 5. The summed E-state index contributed by atoms with van der Waals surface area (Å²) in [5.41, 5.74) is 1.19. The normalized spacial score (nSPS) is 12.4. The summed E-state index contributed by atoms with van der Waals surface area (Å²) >= 11 is 1.72. The van der Waals surface area contributed by atoms with Crippen LogP contribution in [0.5, 0.6) is 0 Å². The van der Waals surface area contributed by atoms with Gasteiger partial charge in [0.2, 0.25) is 5.91 Å². The second-order valence-corrected chi connectivity index (χ2v) is 6.38. The van der Waals surface area contributed by atoms with Gasteiger partial charge in [-0.15, -0.1) is 11.8 Å². The van der Waals surface area contributed by atoms with Gasteiger partial charge in [-0.05, 0) is 44.3 Å². The molecule has 0 spiro atoms. The molecule has 2 rings (SSSR count). The molecule has 0 bridgehead atoms. The van der Waals surface area contributed by atoms with Crippen LogP contribution in [0.3, 0.4) is 0 Å². The molecule has 1 atom stereocenters. The molecular weight excluding hydrogens is 310 g/mol. The van der Waals surface area contributed by atoms with Crippen molar-refractivity contribution in [1.82, 2.24) is 10.1 Å². The van der Waals surface area contributed by atoms with E-state index in [4.69, 9.17) is 4.52 Å². The Hall–Kier alpha value is -1.79. The summed E-state index contributed by atoms with van der Waals surface area (Å²) in [6.07, 6.45) is 2.78. The number of aromatic nitrogens is 1. The van der Waals surface area contributed by atoms with Crippen molar-refractivity contribution in [3.8, 4) is 0 Å².